The first kappa shape index (κ1) is 22.3. The number of fused-ring (bicyclic) bond motifs is 1. The van der Waals surface area contributed by atoms with E-state index in [4.69, 9.17) is 28.4 Å². The maximum Gasteiger partial charge on any atom is 0.331 e. The quantitative estimate of drug-likeness (QED) is 0.438. The second-order valence-electron chi connectivity index (χ2n) is 7.03. The molecule has 0 bridgehead atoms. The van der Waals surface area contributed by atoms with Gasteiger partial charge in [0.2, 0.25) is 5.75 Å². The topological polar surface area (TPSA) is 72.5 Å². The van der Waals surface area contributed by atoms with E-state index in [9.17, 15) is 4.79 Å². The second kappa shape index (κ2) is 10.1. The summed E-state index contributed by atoms with van der Waals surface area (Å²) < 4.78 is 32.9. The number of methoxy groups -OCH3 is 3. The molecule has 3 rings (SSSR count). The molecule has 7 nitrogen and oxygen atoms in total. The van der Waals surface area contributed by atoms with E-state index in [0.717, 1.165) is 23.3 Å². The summed E-state index contributed by atoms with van der Waals surface area (Å²) in [5.41, 5.74) is 2.58. The third-order valence-electron chi connectivity index (χ3n) is 4.85. The first-order valence-electron chi connectivity index (χ1n) is 10.1. The molecule has 0 spiro atoms. The highest BCUT2D eigenvalue weighted by atomic mass is 16.5. The van der Waals surface area contributed by atoms with Gasteiger partial charge < -0.3 is 28.4 Å². The predicted octanol–water partition coefficient (Wildman–Crippen LogP) is 4.19. The van der Waals surface area contributed by atoms with Gasteiger partial charge in [0.05, 0.1) is 27.9 Å². The van der Waals surface area contributed by atoms with Crippen LogP contribution in [0.1, 0.15) is 30.5 Å². The van der Waals surface area contributed by atoms with Crippen LogP contribution in [0.15, 0.2) is 30.3 Å². The number of rotatable bonds is 9. The van der Waals surface area contributed by atoms with Gasteiger partial charge in [0.15, 0.2) is 11.5 Å². The van der Waals surface area contributed by atoms with Gasteiger partial charge >= 0.3 is 5.97 Å². The Morgan fingerprint density at radius 1 is 1.06 bits per heavy atom. The first-order chi connectivity index (χ1) is 15.0. The highest BCUT2D eigenvalue weighted by molar-refractivity contribution is 5.87. The minimum Gasteiger partial charge on any atom is -0.493 e. The Labute approximate surface area is 182 Å². The summed E-state index contributed by atoms with van der Waals surface area (Å²) >= 11 is 0. The van der Waals surface area contributed by atoms with Crippen LogP contribution in [0.5, 0.6) is 28.7 Å². The second-order valence-corrected chi connectivity index (χ2v) is 7.03. The fraction of sp³-hybridized carbons (Fsp3) is 0.375. The number of hydrogen-bond acceptors (Lipinski definition) is 7. The zero-order valence-electron chi connectivity index (χ0n) is 18.5. The molecule has 0 saturated carbocycles. The molecule has 2 aromatic rings. The Hall–Kier alpha value is -3.35. The average Bonchev–Trinajstić information content (AvgIpc) is 3.14. The van der Waals surface area contributed by atoms with Crippen molar-refractivity contribution in [2.24, 2.45) is 0 Å². The average molecular weight is 428 g/mol. The number of benzene rings is 2. The van der Waals surface area contributed by atoms with Crippen molar-refractivity contribution >= 4 is 12.0 Å². The van der Waals surface area contributed by atoms with Crippen molar-refractivity contribution in [2.75, 3.05) is 27.9 Å². The smallest absolute Gasteiger partial charge is 0.331 e. The van der Waals surface area contributed by atoms with E-state index >= 15 is 0 Å². The Morgan fingerprint density at radius 2 is 1.77 bits per heavy atom. The third kappa shape index (κ3) is 5.23. The van der Waals surface area contributed by atoms with E-state index in [0.29, 0.717) is 35.2 Å². The molecule has 166 valence electrons. The van der Waals surface area contributed by atoms with Gasteiger partial charge in [-0.15, -0.1) is 0 Å². The molecule has 1 aliphatic heterocycles. The van der Waals surface area contributed by atoms with Gasteiger partial charge in [-0.3, -0.25) is 0 Å². The molecule has 1 atom stereocenters. The highest BCUT2D eigenvalue weighted by Crippen LogP contribution is 2.38. The van der Waals surface area contributed by atoms with Gasteiger partial charge in [-0.25, -0.2) is 4.79 Å². The molecule has 0 fully saturated rings. The summed E-state index contributed by atoms with van der Waals surface area (Å²) in [5, 5.41) is 0. The van der Waals surface area contributed by atoms with Crippen LogP contribution >= 0.6 is 0 Å². The lowest BCUT2D eigenvalue weighted by Crippen LogP contribution is -2.05. The van der Waals surface area contributed by atoms with Crippen LogP contribution in [0.4, 0.5) is 0 Å². The lowest BCUT2D eigenvalue weighted by atomic mass is 10.1. The van der Waals surface area contributed by atoms with Crippen molar-refractivity contribution in [3.8, 4) is 28.7 Å². The van der Waals surface area contributed by atoms with E-state index in [2.05, 4.69) is 0 Å². The molecule has 0 amide bonds. The largest absolute Gasteiger partial charge is 0.493 e. The Bertz CT molecular complexity index is 940. The number of carbonyl (C=O) groups excluding carboxylic acids is 1. The molecular weight excluding hydrogens is 400 g/mol. The molecule has 0 radical (unpaired) electrons. The Kier molecular flexibility index (Phi) is 7.28. The zero-order chi connectivity index (χ0) is 22.4. The SMILES string of the molecule is CCOc1cc2c(cc1COC(=O)/C=C/c1cc(OC)c(OC)c(OC)c1)OC(C)C2. The third-order valence-corrected chi connectivity index (χ3v) is 4.85. The normalized spacial score (nSPS) is 14.7. The predicted molar refractivity (Wildman–Crippen MR) is 116 cm³/mol. The molecule has 1 heterocycles. The van der Waals surface area contributed by atoms with Crippen molar-refractivity contribution < 1.29 is 33.2 Å². The van der Waals surface area contributed by atoms with Gasteiger partial charge in [0, 0.05) is 23.6 Å². The number of esters is 1. The van der Waals surface area contributed by atoms with Gasteiger partial charge in [0.1, 0.15) is 24.2 Å². The Balaban J connectivity index is 1.71. The summed E-state index contributed by atoms with van der Waals surface area (Å²) in [4.78, 5) is 12.3. The zero-order valence-corrected chi connectivity index (χ0v) is 18.5. The molecule has 0 saturated heterocycles. The van der Waals surface area contributed by atoms with Crippen LogP contribution in [0.25, 0.3) is 6.08 Å². The number of hydrogen-bond donors (Lipinski definition) is 0. The molecule has 2 aromatic carbocycles. The van der Waals surface area contributed by atoms with Gasteiger partial charge in [-0.2, -0.15) is 0 Å². The van der Waals surface area contributed by atoms with Crippen LogP contribution in [0.2, 0.25) is 0 Å². The van der Waals surface area contributed by atoms with Crippen molar-refractivity contribution in [2.45, 2.75) is 33.0 Å². The Morgan fingerprint density at radius 3 is 2.39 bits per heavy atom. The van der Waals surface area contributed by atoms with Crippen LogP contribution in [0.3, 0.4) is 0 Å². The molecule has 1 aliphatic rings. The van der Waals surface area contributed by atoms with Gasteiger partial charge in [-0.1, -0.05) is 0 Å². The van der Waals surface area contributed by atoms with E-state index in [-0.39, 0.29) is 12.7 Å². The van der Waals surface area contributed by atoms with Gasteiger partial charge in [0.25, 0.3) is 0 Å². The van der Waals surface area contributed by atoms with Crippen LogP contribution in [-0.2, 0) is 22.6 Å². The maximum atomic E-state index is 12.3. The highest BCUT2D eigenvalue weighted by Gasteiger charge is 2.22. The molecule has 0 N–H and O–H groups in total. The van der Waals surface area contributed by atoms with Crippen LogP contribution in [-0.4, -0.2) is 40.0 Å². The van der Waals surface area contributed by atoms with E-state index in [1.54, 1.807) is 18.2 Å². The number of carbonyl (C=O) groups is 1. The van der Waals surface area contributed by atoms with Crippen molar-refractivity contribution in [3.05, 3.63) is 47.0 Å². The number of ether oxygens (including phenoxy) is 6. The fourth-order valence-electron chi connectivity index (χ4n) is 3.44. The molecule has 0 aromatic heterocycles. The molecule has 1 unspecified atom stereocenters. The summed E-state index contributed by atoms with van der Waals surface area (Å²) in [7, 11) is 4.61. The summed E-state index contributed by atoms with van der Waals surface area (Å²) in [6.45, 7) is 4.55. The lowest BCUT2D eigenvalue weighted by Gasteiger charge is -2.13. The monoisotopic (exact) mass is 428 g/mol. The van der Waals surface area contributed by atoms with Gasteiger partial charge in [-0.05, 0) is 49.8 Å². The molecular formula is C24H28O7. The van der Waals surface area contributed by atoms with Crippen molar-refractivity contribution in [3.63, 3.8) is 0 Å². The fourth-order valence-corrected chi connectivity index (χ4v) is 3.44. The minimum absolute atomic E-state index is 0.0821. The molecule has 31 heavy (non-hydrogen) atoms. The maximum absolute atomic E-state index is 12.3. The van der Waals surface area contributed by atoms with Crippen LogP contribution < -0.4 is 23.7 Å². The van der Waals surface area contributed by atoms with Crippen molar-refractivity contribution in [1.29, 1.82) is 0 Å². The van der Waals surface area contributed by atoms with Crippen LogP contribution in [0, 0.1) is 0 Å². The molecule has 0 aliphatic carbocycles. The van der Waals surface area contributed by atoms with E-state index in [1.165, 1.54) is 27.4 Å². The summed E-state index contributed by atoms with van der Waals surface area (Å²) in [6, 6.07) is 7.35. The first-order valence-corrected chi connectivity index (χ1v) is 10.1. The lowest BCUT2D eigenvalue weighted by molar-refractivity contribution is -0.138. The van der Waals surface area contributed by atoms with E-state index < -0.39 is 5.97 Å². The summed E-state index contributed by atoms with van der Waals surface area (Å²) in [5.74, 6) is 2.54. The van der Waals surface area contributed by atoms with Crippen molar-refractivity contribution in [1.82, 2.24) is 0 Å². The minimum atomic E-state index is -0.481. The van der Waals surface area contributed by atoms with E-state index in [1.807, 2.05) is 26.0 Å². The standard InChI is InChI=1S/C24H28O7/c1-6-29-19-12-17-9-15(2)31-20(17)13-18(19)14-30-23(25)8-7-16-10-21(26-3)24(28-5)22(11-16)27-4/h7-8,10-13,15H,6,9,14H2,1-5H3/b8-7+. The molecule has 7 heteroatoms. The summed E-state index contributed by atoms with van der Waals surface area (Å²) in [6.07, 6.45) is 3.95.